The van der Waals surface area contributed by atoms with Gasteiger partial charge in [0.15, 0.2) is 5.75 Å². The molecule has 0 saturated heterocycles. The molecule has 11 heteroatoms. The molecule has 0 radical (unpaired) electrons. The van der Waals surface area contributed by atoms with Crippen LogP contribution in [0, 0.1) is 20.8 Å². The Balaban J connectivity index is 3.99. The molecule has 0 spiro atoms. The molecule has 0 saturated carbocycles. The van der Waals surface area contributed by atoms with Crippen molar-refractivity contribution in [1.29, 1.82) is 0 Å². The molecule has 0 bridgehead atoms. The van der Waals surface area contributed by atoms with Gasteiger partial charge in [-0.3, -0.25) is 0 Å². The van der Waals surface area contributed by atoms with Gasteiger partial charge in [-0.15, -0.1) is 3.89 Å². The Hall–Kier alpha value is -1.75. The van der Waals surface area contributed by atoms with Crippen LogP contribution in [-0.2, 0) is 20.7 Å². The van der Waals surface area contributed by atoms with Crippen molar-refractivity contribution in [3.8, 4) is 5.75 Å². The van der Waals surface area contributed by atoms with Gasteiger partial charge in [-0.1, -0.05) is 3.89 Å². The zero-order valence-electron chi connectivity index (χ0n) is 11.0. The van der Waals surface area contributed by atoms with E-state index in [4.69, 9.17) is 5.11 Å². The lowest BCUT2D eigenvalue weighted by Gasteiger charge is -2.16. The summed E-state index contributed by atoms with van der Waals surface area (Å²) >= 11 is 0. The lowest BCUT2D eigenvalue weighted by atomic mass is 9.98. The van der Waals surface area contributed by atoms with Crippen molar-refractivity contribution in [2.75, 3.05) is 0 Å². The molecule has 0 aliphatic carbocycles. The first kappa shape index (κ1) is 17.3. The standard InChI is InChI=1S/C10H10F2O7S2/c1-4-7(10(13)14)5(2)9(20(11,15)16)6(3)8(4)19-21(12,17)18/h1-3H3,(H,13,14). The van der Waals surface area contributed by atoms with Crippen molar-refractivity contribution in [2.24, 2.45) is 0 Å². The average Bonchev–Trinajstić information content (AvgIpc) is 2.20. The fourth-order valence-corrected chi connectivity index (χ4v) is 3.46. The monoisotopic (exact) mass is 344 g/mol. The molecule has 1 N–H and O–H groups in total. The zero-order valence-corrected chi connectivity index (χ0v) is 12.6. The predicted molar refractivity (Wildman–Crippen MR) is 66.6 cm³/mol. The van der Waals surface area contributed by atoms with E-state index >= 15 is 0 Å². The number of hydrogen-bond acceptors (Lipinski definition) is 6. The minimum Gasteiger partial charge on any atom is -0.478 e. The summed E-state index contributed by atoms with van der Waals surface area (Å²) < 4.78 is 73.3. The SMILES string of the molecule is Cc1c(OS(=O)(=O)F)c(C)c(S(=O)(=O)F)c(C)c1C(=O)O. The number of aromatic carboxylic acids is 1. The molecule has 1 rings (SSSR count). The highest BCUT2D eigenvalue weighted by Crippen LogP contribution is 2.37. The fourth-order valence-electron chi connectivity index (χ4n) is 2.08. The maximum atomic E-state index is 13.3. The smallest absolute Gasteiger partial charge is 0.478 e. The van der Waals surface area contributed by atoms with Crippen LogP contribution in [0.1, 0.15) is 27.0 Å². The Morgan fingerprint density at radius 1 is 1.00 bits per heavy atom. The van der Waals surface area contributed by atoms with Crippen LogP contribution in [0.5, 0.6) is 5.75 Å². The maximum absolute atomic E-state index is 13.3. The van der Waals surface area contributed by atoms with Crippen LogP contribution < -0.4 is 4.18 Å². The van der Waals surface area contributed by atoms with Crippen LogP contribution in [-0.4, -0.2) is 27.9 Å². The predicted octanol–water partition coefficient (Wildman–Crippen LogP) is 1.56. The highest BCUT2D eigenvalue weighted by Gasteiger charge is 2.30. The van der Waals surface area contributed by atoms with Crippen molar-refractivity contribution in [2.45, 2.75) is 25.7 Å². The Kier molecular flexibility index (Phi) is 4.30. The number of halogens is 2. The molecule has 0 atom stereocenters. The summed E-state index contributed by atoms with van der Waals surface area (Å²) in [6.45, 7) is 3.08. The van der Waals surface area contributed by atoms with Crippen molar-refractivity contribution in [3.05, 3.63) is 22.3 Å². The van der Waals surface area contributed by atoms with Crippen molar-refractivity contribution in [3.63, 3.8) is 0 Å². The molecule has 21 heavy (non-hydrogen) atoms. The van der Waals surface area contributed by atoms with Crippen molar-refractivity contribution in [1.82, 2.24) is 0 Å². The second kappa shape index (κ2) is 5.22. The molecule has 0 aromatic heterocycles. The number of hydrogen-bond donors (Lipinski definition) is 1. The Labute approximate surface area is 119 Å². The van der Waals surface area contributed by atoms with Crippen LogP contribution in [0.2, 0.25) is 0 Å². The number of carbonyl (C=O) groups is 1. The third-order valence-corrected chi connectivity index (χ3v) is 4.22. The summed E-state index contributed by atoms with van der Waals surface area (Å²) in [6.07, 6.45) is 0. The summed E-state index contributed by atoms with van der Waals surface area (Å²) in [7, 11) is -10.9. The number of benzene rings is 1. The van der Waals surface area contributed by atoms with Crippen LogP contribution in [0.3, 0.4) is 0 Å². The van der Waals surface area contributed by atoms with E-state index in [1.807, 2.05) is 0 Å². The maximum Gasteiger partial charge on any atom is 0.488 e. The second-order valence-corrected chi connectivity index (χ2v) is 6.36. The van der Waals surface area contributed by atoms with E-state index in [1.54, 1.807) is 0 Å². The highest BCUT2D eigenvalue weighted by molar-refractivity contribution is 7.86. The van der Waals surface area contributed by atoms with Gasteiger partial charge >= 0.3 is 26.7 Å². The van der Waals surface area contributed by atoms with Gasteiger partial charge in [0.05, 0.1) is 5.56 Å². The molecule has 0 unspecified atom stereocenters. The van der Waals surface area contributed by atoms with Crippen LogP contribution >= 0.6 is 0 Å². The van der Waals surface area contributed by atoms with Gasteiger partial charge < -0.3 is 9.29 Å². The topological polar surface area (TPSA) is 115 Å². The number of carboxylic acid groups (broad SMARTS) is 1. The minimum absolute atomic E-state index is 0.342. The third-order valence-electron chi connectivity index (χ3n) is 2.75. The summed E-state index contributed by atoms with van der Waals surface area (Å²) in [6, 6.07) is 0. The van der Waals surface area contributed by atoms with E-state index in [1.165, 1.54) is 0 Å². The normalized spacial score (nSPS) is 12.2. The van der Waals surface area contributed by atoms with Crippen molar-refractivity contribution >= 4 is 26.7 Å². The second-order valence-electron chi connectivity index (χ2n) is 4.13. The van der Waals surface area contributed by atoms with Crippen LogP contribution in [0.15, 0.2) is 4.90 Å². The lowest BCUT2D eigenvalue weighted by molar-refractivity contribution is 0.0694. The first-order valence-corrected chi connectivity index (χ1v) is 7.92. The van der Waals surface area contributed by atoms with Gasteiger partial charge in [-0.25, -0.2) is 4.79 Å². The minimum atomic E-state index is -5.55. The molecule has 0 fully saturated rings. The Morgan fingerprint density at radius 2 is 1.48 bits per heavy atom. The molecule has 1 aromatic carbocycles. The fraction of sp³-hybridized carbons (Fsp3) is 0.300. The van der Waals surface area contributed by atoms with Gasteiger partial charge in [0, 0.05) is 11.1 Å². The molecule has 118 valence electrons. The summed E-state index contributed by atoms with van der Waals surface area (Å²) in [4.78, 5) is 10.1. The van der Waals surface area contributed by atoms with Crippen molar-refractivity contribution < 1.29 is 38.7 Å². The molecule has 0 aliphatic heterocycles. The van der Waals surface area contributed by atoms with E-state index in [9.17, 15) is 29.4 Å². The van der Waals surface area contributed by atoms with E-state index in [0.717, 1.165) is 20.8 Å². The van der Waals surface area contributed by atoms with Gasteiger partial charge in [-0.2, -0.15) is 16.8 Å². The van der Waals surface area contributed by atoms with E-state index in [0.29, 0.717) is 0 Å². The van der Waals surface area contributed by atoms with Gasteiger partial charge in [-0.05, 0) is 26.3 Å². The van der Waals surface area contributed by atoms with Gasteiger partial charge in [0.2, 0.25) is 0 Å². The number of rotatable bonds is 4. The average molecular weight is 344 g/mol. The largest absolute Gasteiger partial charge is 0.488 e. The summed E-state index contributed by atoms with van der Waals surface area (Å²) in [5.74, 6) is -2.52. The first-order chi connectivity index (χ1) is 9.27. The Bertz CT molecular complexity index is 826. The molecule has 7 nitrogen and oxygen atoms in total. The molecular weight excluding hydrogens is 334 g/mol. The lowest BCUT2D eigenvalue weighted by Crippen LogP contribution is -2.14. The molecule has 0 aliphatic rings. The molecule has 0 heterocycles. The summed E-state index contributed by atoms with van der Waals surface area (Å²) in [5.41, 5.74) is -2.01. The molecule has 1 aromatic rings. The number of carboxylic acids is 1. The van der Waals surface area contributed by atoms with Gasteiger partial charge in [0.25, 0.3) is 0 Å². The van der Waals surface area contributed by atoms with Crippen LogP contribution in [0.25, 0.3) is 0 Å². The Morgan fingerprint density at radius 3 is 1.81 bits per heavy atom. The quantitative estimate of drug-likeness (QED) is 0.824. The van der Waals surface area contributed by atoms with E-state index in [2.05, 4.69) is 4.18 Å². The first-order valence-electron chi connectivity index (χ1n) is 5.23. The third kappa shape index (κ3) is 3.47. The van der Waals surface area contributed by atoms with E-state index in [-0.39, 0.29) is 5.56 Å². The molecule has 0 amide bonds. The van der Waals surface area contributed by atoms with E-state index < -0.39 is 54.0 Å². The zero-order chi connectivity index (χ0) is 16.7. The van der Waals surface area contributed by atoms with Crippen LogP contribution in [0.4, 0.5) is 7.77 Å². The van der Waals surface area contributed by atoms with Gasteiger partial charge in [0.1, 0.15) is 4.90 Å². The summed E-state index contributed by atoms with van der Waals surface area (Å²) in [5, 5.41) is 9.03. The highest BCUT2D eigenvalue weighted by atomic mass is 32.3. The molecular formula is C10H10F2O7S2.